The van der Waals surface area contributed by atoms with Crippen LogP contribution in [0.1, 0.15) is 17.3 Å². The van der Waals surface area contributed by atoms with Crippen LogP contribution in [0.25, 0.3) is 0 Å². The highest BCUT2D eigenvalue weighted by Crippen LogP contribution is 2.33. The molecule has 0 saturated heterocycles. The average molecular weight is 294 g/mol. The number of methoxy groups -OCH3 is 2. The number of carboxylic acid groups (broad SMARTS) is 1. The molecule has 114 valence electrons. The zero-order valence-corrected chi connectivity index (χ0v) is 12.1. The Kier molecular flexibility index (Phi) is 5.59. The van der Waals surface area contributed by atoms with Crippen molar-refractivity contribution in [2.24, 2.45) is 0 Å². The predicted molar refractivity (Wildman–Crippen MR) is 78.3 cm³/mol. The lowest BCUT2D eigenvalue weighted by molar-refractivity contribution is 0.0697. The SMILES string of the molecule is C=C(C)CNC(=O)Nc1cc(OC)c(OC)cc1C(=O)O. The first-order valence-corrected chi connectivity index (χ1v) is 6.07. The summed E-state index contributed by atoms with van der Waals surface area (Å²) in [6, 6.07) is 2.14. The molecular weight excluding hydrogens is 276 g/mol. The number of carbonyl (C=O) groups excluding carboxylic acids is 1. The maximum atomic E-state index is 11.7. The molecule has 0 aromatic heterocycles. The van der Waals surface area contributed by atoms with Crippen LogP contribution in [0, 0.1) is 0 Å². The molecule has 0 aliphatic carbocycles. The number of rotatable bonds is 6. The fourth-order valence-electron chi connectivity index (χ4n) is 1.56. The summed E-state index contributed by atoms with van der Waals surface area (Å²) in [6.07, 6.45) is 0. The van der Waals surface area contributed by atoms with E-state index in [9.17, 15) is 14.7 Å². The number of anilines is 1. The fourth-order valence-corrected chi connectivity index (χ4v) is 1.56. The maximum absolute atomic E-state index is 11.7. The molecule has 0 heterocycles. The number of aromatic carboxylic acids is 1. The number of hydrogen-bond acceptors (Lipinski definition) is 4. The lowest BCUT2D eigenvalue weighted by Crippen LogP contribution is -2.30. The number of benzene rings is 1. The molecule has 0 atom stereocenters. The molecule has 7 nitrogen and oxygen atoms in total. The van der Waals surface area contributed by atoms with Gasteiger partial charge in [0.1, 0.15) is 0 Å². The van der Waals surface area contributed by atoms with E-state index in [1.54, 1.807) is 6.92 Å². The summed E-state index contributed by atoms with van der Waals surface area (Å²) < 4.78 is 10.1. The van der Waals surface area contributed by atoms with E-state index in [4.69, 9.17) is 9.47 Å². The number of nitrogens with one attached hydrogen (secondary N) is 2. The molecule has 0 spiro atoms. The Balaban J connectivity index is 3.06. The van der Waals surface area contributed by atoms with Crippen LogP contribution in [-0.4, -0.2) is 37.9 Å². The molecule has 21 heavy (non-hydrogen) atoms. The van der Waals surface area contributed by atoms with Gasteiger partial charge in [-0.1, -0.05) is 12.2 Å². The fraction of sp³-hybridized carbons (Fsp3) is 0.286. The van der Waals surface area contributed by atoms with Gasteiger partial charge in [-0.2, -0.15) is 0 Å². The van der Waals surface area contributed by atoms with Gasteiger partial charge in [0.15, 0.2) is 11.5 Å². The highest BCUT2D eigenvalue weighted by atomic mass is 16.5. The molecule has 1 rings (SSSR count). The quantitative estimate of drug-likeness (QED) is 0.698. The molecule has 0 unspecified atom stereocenters. The van der Waals surface area contributed by atoms with E-state index in [1.807, 2.05) is 0 Å². The van der Waals surface area contributed by atoms with Crippen molar-refractivity contribution in [3.63, 3.8) is 0 Å². The molecule has 0 saturated carbocycles. The van der Waals surface area contributed by atoms with Crippen molar-refractivity contribution in [3.05, 3.63) is 29.8 Å². The Morgan fingerprint density at radius 3 is 2.29 bits per heavy atom. The second kappa shape index (κ2) is 7.18. The minimum Gasteiger partial charge on any atom is -0.493 e. The van der Waals surface area contributed by atoms with Gasteiger partial charge in [0, 0.05) is 18.7 Å². The van der Waals surface area contributed by atoms with Gasteiger partial charge in [0.2, 0.25) is 0 Å². The van der Waals surface area contributed by atoms with Gasteiger partial charge < -0.3 is 25.2 Å². The Hall–Kier alpha value is -2.70. The van der Waals surface area contributed by atoms with Gasteiger partial charge in [-0.05, 0) is 6.92 Å². The van der Waals surface area contributed by atoms with E-state index < -0.39 is 12.0 Å². The summed E-state index contributed by atoms with van der Waals surface area (Å²) in [7, 11) is 2.82. The minimum atomic E-state index is -1.19. The molecule has 0 fully saturated rings. The molecule has 3 N–H and O–H groups in total. The number of carbonyl (C=O) groups is 2. The van der Waals surface area contributed by atoms with Crippen LogP contribution in [-0.2, 0) is 0 Å². The Morgan fingerprint density at radius 1 is 1.24 bits per heavy atom. The molecule has 0 radical (unpaired) electrons. The van der Waals surface area contributed by atoms with Gasteiger partial charge in [0.05, 0.1) is 25.5 Å². The Labute approximate surface area is 122 Å². The topological polar surface area (TPSA) is 96.9 Å². The first kappa shape index (κ1) is 16.4. The van der Waals surface area contributed by atoms with Crippen molar-refractivity contribution in [2.75, 3.05) is 26.1 Å². The predicted octanol–water partition coefficient (Wildman–Crippen LogP) is 2.10. The minimum absolute atomic E-state index is 0.0990. The third-order valence-electron chi connectivity index (χ3n) is 2.55. The molecule has 1 aromatic carbocycles. The van der Waals surface area contributed by atoms with Crippen molar-refractivity contribution in [2.45, 2.75) is 6.92 Å². The van der Waals surface area contributed by atoms with Crippen LogP contribution < -0.4 is 20.1 Å². The highest BCUT2D eigenvalue weighted by molar-refractivity contribution is 6.01. The van der Waals surface area contributed by atoms with Gasteiger partial charge in [-0.15, -0.1) is 0 Å². The van der Waals surface area contributed by atoms with Crippen LogP contribution in [0.5, 0.6) is 11.5 Å². The Bertz CT molecular complexity index is 569. The van der Waals surface area contributed by atoms with Gasteiger partial charge in [-0.3, -0.25) is 0 Å². The third kappa shape index (κ3) is 4.41. The highest BCUT2D eigenvalue weighted by Gasteiger charge is 2.17. The second-order valence-electron chi connectivity index (χ2n) is 4.32. The number of hydrogen-bond donors (Lipinski definition) is 3. The maximum Gasteiger partial charge on any atom is 0.337 e. The first-order chi connectivity index (χ1) is 9.88. The van der Waals surface area contributed by atoms with Crippen molar-refractivity contribution in [3.8, 4) is 11.5 Å². The van der Waals surface area contributed by atoms with Gasteiger partial charge in [0.25, 0.3) is 0 Å². The molecule has 0 aliphatic heterocycles. The normalized spacial score (nSPS) is 9.67. The summed E-state index contributed by atoms with van der Waals surface area (Å²) >= 11 is 0. The molecule has 2 amide bonds. The van der Waals surface area contributed by atoms with Crippen molar-refractivity contribution in [1.82, 2.24) is 5.32 Å². The Morgan fingerprint density at radius 2 is 1.81 bits per heavy atom. The van der Waals surface area contributed by atoms with E-state index in [0.29, 0.717) is 12.3 Å². The number of urea groups is 1. The largest absolute Gasteiger partial charge is 0.493 e. The summed E-state index contributed by atoms with van der Waals surface area (Å²) in [4.78, 5) is 23.0. The molecule has 0 bridgehead atoms. The molecule has 7 heteroatoms. The second-order valence-corrected chi connectivity index (χ2v) is 4.32. The van der Waals surface area contributed by atoms with Gasteiger partial charge >= 0.3 is 12.0 Å². The number of carboxylic acids is 1. The van der Waals surface area contributed by atoms with Gasteiger partial charge in [-0.25, -0.2) is 9.59 Å². The van der Waals surface area contributed by atoms with Crippen LogP contribution in [0.2, 0.25) is 0 Å². The van der Waals surface area contributed by atoms with Crippen LogP contribution >= 0.6 is 0 Å². The lowest BCUT2D eigenvalue weighted by atomic mass is 10.1. The summed E-state index contributed by atoms with van der Waals surface area (Å²) in [5, 5.41) is 14.2. The molecule has 1 aromatic rings. The van der Waals surface area contributed by atoms with E-state index in [2.05, 4.69) is 17.2 Å². The summed E-state index contributed by atoms with van der Waals surface area (Å²) in [5.74, 6) is -0.605. The first-order valence-electron chi connectivity index (χ1n) is 6.07. The van der Waals surface area contributed by atoms with Crippen molar-refractivity contribution >= 4 is 17.7 Å². The molecular formula is C14H18N2O5. The van der Waals surface area contributed by atoms with E-state index in [1.165, 1.54) is 26.4 Å². The summed E-state index contributed by atoms with van der Waals surface area (Å²) in [5.41, 5.74) is 0.786. The average Bonchev–Trinajstić information content (AvgIpc) is 2.44. The lowest BCUT2D eigenvalue weighted by Gasteiger charge is -2.14. The zero-order valence-electron chi connectivity index (χ0n) is 12.1. The van der Waals surface area contributed by atoms with Crippen LogP contribution in [0.3, 0.4) is 0 Å². The number of ether oxygens (including phenoxy) is 2. The van der Waals surface area contributed by atoms with E-state index >= 15 is 0 Å². The van der Waals surface area contributed by atoms with Crippen molar-refractivity contribution in [1.29, 1.82) is 0 Å². The standard InChI is InChI=1S/C14H18N2O5/c1-8(2)7-15-14(19)16-10-6-12(21-4)11(20-3)5-9(10)13(17)18/h5-6H,1,7H2,2-4H3,(H,17,18)(H2,15,16,19). The van der Waals surface area contributed by atoms with E-state index in [0.717, 1.165) is 5.57 Å². The third-order valence-corrected chi connectivity index (χ3v) is 2.55. The summed E-state index contributed by atoms with van der Waals surface area (Å²) in [6.45, 7) is 5.71. The van der Waals surface area contributed by atoms with E-state index in [-0.39, 0.29) is 17.0 Å². The van der Waals surface area contributed by atoms with Crippen LogP contribution in [0.15, 0.2) is 24.3 Å². The monoisotopic (exact) mass is 294 g/mol. The van der Waals surface area contributed by atoms with Crippen LogP contribution in [0.4, 0.5) is 10.5 Å². The van der Waals surface area contributed by atoms with Crippen molar-refractivity contribution < 1.29 is 24.2 Å². The zero-order chi connectivity index (χ0) is 16.0. The smallest absolute Gasteiger partial charge is 0.337 e. The molecule has 0 aliphatic rings. The number of amides is 2.